The zero-order valence-electron chi connectivity index (χ0n) is 11.6. The largest absolute Gasteiger partial charge is 0.485 e. The maximum absolute atomic E-state index is 10.3. The van der Waals surface area contributed by atoms with Gasteiger partial charge in [0.15, 0.2) is 0 Å². The predicted octanol–water partition coefficient (Wildman–Crippen LogP) is 4.40. The molecule has 4 rings (SSSR count). The summed E-state index contributed by atoms with van der Waals surface area (Å²) < 4.78 is 6.08. The van der Waals surface area contributed by atoms with E-state index in [-0.39, 0.29) is 6.10 Å². The lowest BCUT2D eigenvalue weighted by Crippen LogP contribution is -2.18. The molecule has 2 atom stereocenters. The van der Waals surface area contributed by atoms with E-state index in [0.29, 0.717) is 6.42 Å². The lowest BCUT2D eigenvalue weighted by atomic mass is 9.94. The fraction of sp³-hybridized carbons (Fsp3) is 0.158. The third-order valence-electron chi connectivity index (χ3n) is 4.13. The van der Waals surface area contributed by atoms with Crippen molar-refractivity contribution in [2.45, 2.75) is 18.6 Å². The standard InChI is InChI=1S/C19H16O2/c20-17-12-19(21-18-8-4-3-7-16(17)18)15-10-9-13-5-1-2-6-14(13)11-15/h1-11,17,19-20H,12H2/t17-,19?/m1/s1. The quantitative estimate of drug-likeness (QED) is 0.714. The minimum Gasteiger partial charge on any atom is -0.485 e. The molecule has 2 heteroatoms. The molecule has 0 radical (unpaired) electrons. The average Bonchev–Trinajstić information content (AvgIpc) is 2.54. The summed E-state index contributed by atoms with van der Waals surface area (Å²) in [5, 5.41) is 12.7. The molecule has 0 bridgehead atoms. The van der Waals surface area contributed by atoms with Gasteiger partial charge >= 0.3 is 0 Å². The van der Waals surface area contributed by atoms with Crippen LogP contribution in [0, 0.1) is 0 Å². The molecule has 2 nitrogen and oxygen atoms in total. The SMILES string of the molecule is O[C@@H]1CC(c2ccc3ccccc3c2)Oc2ccccc21. The predicted molar refractivity (Wildman–Crippen MR) is 83.3 cm³/mol. The van der Waals surface area contributed by atoms with Crippen LogP contribution in [0.3, 0.4) is 0 Å². The highest BCUT2D eigenvalue weighted by atomic mass is 16.5. The van der Waals surface area contributed by atoms with E-state index < -0.39 is 6.10 Å². The van der Waals surface area contributed by atoms with Gasteiger partial charge in [0, 0.05) is 12.0 Å². The molecule has 0 saturated heterocycles. The van der Waals surface area contributed by atoms with Crippen LogP contribution in [0.1, 0.15) is 29.8 Å². The molecule has 3 aromatic carbocycles. The molecule has 1 unspecified atom stereocenters. The molecule has 0 amide bonds. The van der Waals surface area contributed by atoms with Gasteiger partial charge in [0.25, 0.3) is 0 Å². The van der Waals surface area contributed by atoms with E-state index in [2.05, 4.69) is 30.3 Å². The Hall–Kier alpha value is -2.32. The molecule has 1 aliphatic rings. The van der Waals surface area contributed by atoms with Crippen LogP contribution in [0.15, 0.2) is 66.7 Å². The van der Waals surface area contributed by atoms with Crippen LogP contribution in [-0.2, 0) is 0 Å². The van der Waals surface area contributed by atoms with Crippen molar-refractivity contribution >= 4 is 10.8 Å². The van der Waals surface area contributed by atoms with Crippen molar-refractivity contribution in [1.82, 2.24) is 0 Å². The van der Waals surface area contributed by atoms with Gasteiger partial charge in [0.2, 0.25) is 0 Å². The van der Waals surface area contributed by atoms with Crippen LogP contribution in [0.4, 0.5) is 0 Å². The highest BCUT2D eigenvalue weighted by Crippen LogP contribution is 2.40. The summed E-state index contributed by atoms with van der Waals surface area (Å²) in [6, 6.07) is 22.4. The second kappa shape index (κ2) is 4.90. The van der Waals surface area contributed by atoms with Gasteiger partial charge < -0.3 is 9.84 Å². The number of ether oxygens (including phenoxy) is 1. The monoisotopic (exact) mass is 276 g/mol. The fourth-order valence-corrected chi connectivity index (χ4v) is 3.01. The van der Waals surface area contributed by atoms with Gasteiger partial charge in [-0.25, -0.2) is 0 Å². The molecule has 1 aliphatic heterocycles. The van der Waals surface area contributed by atoms with Gasteiger partial charge in [-0.05, 0) is 28.5 Å². The first kappa shape index (κ1) is 12.4. The first-order valence-electron chi connectivity index (χ1n) is 7.23. The Morgan fingerprint density at radius 2 is 1.62 bits per heavy atom. The van der Waals surface area contributed by atoms with Crippen molar-refractivity contribution in [3.8, 4) is 5.75 Å². The number of rotatable bonds is 1. The van der Waals surface area contributed by atoms with E-state index in [0.717, 1.165) is 16.9 Å². The van der Waals surface area contributed by atoms with Crippen LogP contribution in [-0.4, -0.2) is 5.11 Å². The van der Waals surface area contributed by atoms with E-state index in [1.165, 1.54) is 10.8 Å². The Balaban J connectivity index is 1.73. The Morgan fingerprint density at radius 3 is 2.52 bits per heavy atom. The minimum atomic E-state index is -0.466. The summed E-state index contributed by atoms with van der Waals surface area (Å²) in [6.07, 6.45) is 0.0287. The second-order valence-electron chi connectivity index (χ2n) is 5.50. The van der Waals surface area contributed by atoms with Gasteiger partial charge in [-0.3, -0.25) is 0 Å². The van der Waals surface area contributed by atoms with Crippen LogP contribution in [0.2, 0.25) is 0 Å². The average molecular weight is 276 g/mol. The molecular weight excluding hydrogens is 260 g/mol. The molecule has 1 N–H and O–H groups in total. The smallest absolute Gasteiger partial charge is 0.127 e. The van der Waals surface area contributed by atoms with E-state index >= 15 is 0 Å². The van der Waals surface area contributed by atoms with Crippen molar-refractivity contribution in [3.63, 3.8) is 0 Å². The van der Waals surface area contributed by atoms with Crippen molar-refractivity contribution in [2.24, 2.45) is 0 Å². The van der Waals surface area contributed by atoms with E-state index in [1.54, 1.807) is 0 Å². The highest BCUT2D eigenvalue weighted by molar-refractivity contribution is 5.83. The number of hydrogen-bond acceptors (Lipinski definition) is 2. The molecule has 0 spiro atoms. The number of para-hydroxylation sites is 1. The molecule has 0 aliphatic carbocycles. The van der Waals surface area contributed by atoms with Gasteiger partial charge in [0.05, 0.1) is 6.10 Å². The summed E-state index contributed by atoms with van der Waals surface area (Å²) in [7, 11) is 0. The highest BCUT2D eigenvalue weighted by Gasteiger charge is 2.27. The summed E-state index contributed by atoms with van der Waals surface area (Å²) in [5.41, 5.74) is 2.00. The normalized spacial score (nSPS) is 20.8. The molecule has 3 aromatic rings. The molecule has 0 aromatic heterocycles. The van der Waals surface area contributed by atoms with Gasteiger partial charge in [-0.15, -0.1) is 0 Å². The lowest BCUT2D eigenvalue weighted by Gasteiger charge is -2.30. The maximum atomic E-state index is 10.3. The number of aliphatic hydroxyl groups is 1. The lowest BCUT2D eigenvalue weighted by molar-refractivity contribution is 0.0658. The number of fused-ring (bicyclic) bond motifs is 2. The van der Waals surface area contributed by atoms with Gasteiger partial charge in [-0.2, -0.15) is 0 Å². The third-order valence-corrected chi connectivity index (χ3v) is 4.13. The molecule has 104 valence electrons. The third kappa shape index (κ3) is 2.18. The van der Waals surface area contributed by atoms with Crippen LogP contribution < -0.4 is 4.74 Å². The molecule has 0 saturated carbocycles. The van der Waals surface area contributed by atoms with E-state index in [1.807, 2.05) is 36.4 Å². The van der Waals surface area contributed by atoms with Gasteiger partial charge in [-0.1, -0.05) is 54.6 Å². The zero-order valence-corrected chi connectivity index (χ0v) is 11.6. The maximum Gasteiger partial charge on any atom is 0.127 e. The first-order chi connectivity index (χ1) is 10.3. The Kier molecular flexibility index (Phi) is 2.90. The van der Waals surface area contributed by atoms with Crippen molar-refractivity contribution < 1.29 is 9.84 Å². The minimum absolute atomic E-state index is 0.0977. The summed E-state index contributed by atoms with van der Waals surface area (Å²) in [5.74, 6) is 0.786. The zero-order chi connectivity index (χ0) is 14.2. The summed E-state index contributed by atoms with van der Waals surface area (Å²) >= 11 is 0. The van der Waals surface area contributed by atoms with Crippen molar-refractivity contribution in [2.75, 3.05) is 0 Å². The van der Waals surface area contributed by atoms with E-state index in [4.69, 9.17) is 4.74 Å². The topological polar surface area (TPSA) is 29.5 Å². The molecule has 0 fully saturated rings. The van der Waals surface area contributed by atoms with Crippen LogP contribution >= 0.6 is 0 Å². The van der Waals surface area contributed by atoms with E-state index in [9.17, 15) is 5.11 Å². The molecular formula is C19H16O2. The van der Waals surface area contributed by atoms with Crippen LogP contribution in [0.25, 0.3) is 10.8 Å². The number of hydrogen-bond donors (Lipinski definition) is 1. The Bertz CT molecular complexity index is 794. The van der Waals surface area contributed by atoms with Crippen LogP contribution in [0.5, 0.6) is 5.75 Å². The summed E-state index contributed by atoms with van der Waals surface area (Å²) in [6.45, 7) is 0. The fourth-order valence-electron chi connectivity index (χ4n) is 3.01. The number of aliphatic hydroxyl groups excluding tert-OH is 1. The second-order valence-corrected chi connectivity index (χ2v) is 5.50. The summed E-state index contributed by atoms with van der Waals surface area (Å²) in [4.78, 5) is 0. The Labute approximate surface area is 123 Å². The number of benzene rings is 3. The molecule has 21 heavy (non-hydrogen) atoms. The first-order valence-corrected chi connectivity index (χ1v) is 7.23. The van der Waals surface area contributed by atoms with Crippen molar-refractivity contribution in [1.29, 1.82) is 0 Å². The molecule has 1 heterocycles. The van der Waals surface area contributed by atoms with Crippen molar-refractivity contribution in [3.05, 3.63) is 77.9 Å². The van der Waals surface area contributed by atoms with Gasteiger partial charge in [0.1, 0.15) is 11.9 Å². The Morgan fingerprint density at radius 1 is 0.857 bits per heavy atom.